The monoisotopic (exact) mass is 429 g/mol. The molecule has 2 aromatic rings. The van der Waals surface area contributed by atoms with Crippen LogP contribution in [0, 0.1) is 0 Å². The van der Waals surface area contributed by atoms with Crippen LogP contribution < -0.4 is 0 Å². The van der Waals surface area contributed by atoms with Crippen molar-refractivity contribution in [2.45, 2.75) is 59.0 Å². The molecule has 0 unspecified atom stereocenters. The van der Waals surface area contributed by atoms with Crippen molar-refractivity contribution in [3.63, 3.8) is 0 Å². The second-order valence-corrected chi connectivity index (χ2v) is 10.9. The van der Waals surface area contributed by atoms with Crippen molar-refractivity contribution in [2.75, 3.05) is 26.4 Å². The van der Waals surface area contributed by atoms with Crippen LogP contribution in [0.1, 0.15) is 52.2 Å². The molecule has 0 saturated carbocycles. The standard InChI is InChI=1S/C24H35NO4Si/c1-6-27-30(28-7-2,29-8-3)18-15-20-14-13-19-11-9-10-12-21(19)22(20)23-25-24(4,5)16-17-26-23/h9-14H,6-8,15-18H2,1-5H3. The number of hydrogen-bond donors (Lipinski definition) is 0. The van der Waals surface area contributed by atoms with Gasteiger partial charge in [-0.3, -0.25) is 0 Å². The number of fused-ring (bicyclic) bond motifs is 1. The van der Waals surface area contributed by atoms with Crippen molar-refractivity contribution in [1.82, 2.24) is 0 Å². The number of rotatable bonds is 10. The van der Waals surface area contributed by atoms with Crippen LogP contribution in [0.15, 0.2) is 41.4 Å². The summed E-state index contributed by atoms with van der Waals surface area (Å²) in [5.41, 5.74) is 2.16. The molecule has 0 aliphatic carbocycles. The summed E-state index contributed by atoms with van der Waals surface area (Å²) in [5.74, 6) is 0.745. The third-order valence-electron chi connectivity index (χ3n) is 5.38. The first-order valence-electron chi connectivity index (χ1n) is 11.1. The van der Waals surface area contributed by atoms with Gasteiger partial charge in [-0.1, -0.05) is 36.4 Å². The molecule has 6 heteroatoms. The summed E-state index contributed by atoms with van der Waals surface area (Å²) in [5, 5.41) is 2.36. The molecule has 0 spiro atoms. The van der Waals surface area contributed by atoms with Crippen LogP contribution in [0.25, 0.3) is 10.8 Å². The van der Waals surface area contributed by atoms with Gasteiger partial charge in [0.15, 0.2) is 0 Å². The number of aliphatic imine (C=N–C) groups is 1. The summed E-state index contributed by atoms with van der Waals surface area (Å²) in [6, 6.07) is 13.5. The van der Waals surface area contributed by atoms with Crippen LogP contribution in [0.5, 0.6) is 0 Å². The summed E-state index contributed by atoms with van der Waals surface area (Å²) >= 11 is 0. The fourth-order valence-corrected chi connectivity index (χ4v) is 6.53. The molecular formula is C24H35NO4Si. The second kappa shape index (κ2) is 10.0. The Balaban J connectivity index is 2.02. The molecule has 0 aromatic heterocycles. The van der Waals surface area contributed by atoms with Crippen molar-refractivity contribution < 1.29 is 18.0 Å². The van der Waals surface area contributed by atoms with E-state index in [4.69, 9.17) is 23.0 Å². The second-order valence-electron chi connectivity index (χ2n) is 8.13. The molecule has 30 heavy (non-hydrogen) atoms. The van der Waals surface area contributed by atoms with Gasteiger partial charge in [-0.15, -0.1) is 0 Å². The van der Waals surface area contributed by atoms with E-state index < -0.39 is 8.80 Å². The number of aryl methyl sites for hydroxylation is 1. The minimum Gasteiger partial charge on any atom is -0.477 e. The highest BCUT2D eigenvalue weighted by atomic mass is 28.4. The lowest BCUT2D eigenvalue weighted by molar-refractivity contribution is 0.0714. The zero-order valence-electron chi connectivity index (χ0n) is 19.0. The van der Waals surface area contributed by atoms with Crippen LogP contribution in [-0.4, -0.2) is 46.7 Å². The number of benzene rings is 2. The normalized spacial score (nSPS) is 16.4. The Morgan fingerprint density at radius 2 is 1.63 bits per heavy atom. The molecule has 0 N–H and O–H groups in total. The maximum atomic E-state index is 6.09. The maximum absolute atomic E-state index is 6.09. The lowest BCUT2D eigenvalue weighted by atomic mass is 9.95. The topological polar surface area (TPSA) is 49.3 Å². The summed E-state index contributed by atoms with van der Waals surface area (Å²) < 4.78 is 24.3. The Hall–Kier alpha value is -1.73. The van der Waals surface area contributed by atoms with Crippen molar-refractivity contribution >= 4 is 25.5 Å². The SMILES string of the molecule is CCO[Si](CCc1ccc2ccccc2c1C1=NC(C)(C)CCO1)(OCC)OCC. The largest absolute Gasteiger partial charge is 0.501 e. The van der Waals surface area contributed by atoms with Gasteiger partial charge in [0.05, 0.1) is 12.1 Å². The van der Waals surface area contributed by atoms with Gasteiger partial charge < -0.3 is 18.0 Å². The smallest absolute Gasteiger partial charge is 0.477 e. The lowest BCUT2D eigenvalue weighted by Gasteiger charge is -2.30. The molecule has 1 aliphatic heterocycles. The molecule has 2 aromatic carbocycles. The van der Waals surface area contributed by atoms with E-state index in [-0.39, 0.29) is 5.54 Å². The Labute approximate surface area is 181 Å². The first kappa shape index (κ1) is 22.9. The third-order valence-corrected chi connectivity index (χ3v) is 8.43. The Morgan fingerprint density at radius 1 is 0.967 bits per heavy atom. The predicted molar refractivity (Wildman–Crippen MR) is 124 cm³/mol. The zero-order chi connectivity index (χ0) is 21.6. The van der Waals surface area contributed by atoms with E-state index in [0.717, 1.165) is 30.3 Å². The average Bonchev–Trinajstić information content (AvgIpc) is 2.71. The van der Waals surface area contributed by atoms with Crippen LogP contribution in [-0.2, 0) is 24.4 Å². The number of hydrogen-bond acceptors (Lipinski definition) is 5. The third kappa shape index (κ3) is 5.30. The minimum atomic E-state index is -2.73. The molecule has 1 heterocycles. The average molecular weight is 430 g/mol. The van der Waals surface area contributed by atoms with E-state index in [1.165, 1.54) is 16.3 Å². The highest BCUT2D eigenvalue weighted by Gasteiger charge is 2.40. The fraction of sp³-hybridized carbons (Fsp3) is 0.542. The molecule has 0 amide bonds. The van der Waals surface area contributed by atoms with E-state index in [0.29, 0.717) is 26.4 Å². The molecule has 3 rings (SSSR count). The number of ether oxygens (including phenoxy) is 1. The first-order chi connectivity index (χ1) is 14.4. The van der Waals surface area contributed by atoms with Gasteiger partial charge in [-0.25, -0.2) is 4.99 Å². The minimum absolute atomic E-state index is 0.123. The van der Waals surface area contributed by atoms with Gasteiger partial charge >= 0.3 is 8.80 Å². The van der Waals surface area contributed by atoms with Crippen molar-refractivity contribution in [2.24, 2.45) is 4.99 Å². The van der Waals surface area contributed by atoms with Crippen molar-refractivity contribution in [3.05, 3.63) is 47.5 Å². The maximum Gasteiger partial charge on any atom is 0.501 e. The van der Waals surface area contributed by atoms with Crippen LogP contribution in [0.4, 0.5) is 0 Å². The molecular weight excluding hydrogens is 394 g/mol. The quantitative estimate of drug-likeness (QED) is 0.476. The Kier molecular flexibility index (Phi) is 7.68. The Morgan fingerprint density at radius 3 is 2.27 bits per heavy atom. The molecule has 1 aliphatic rings. The summed E-state index contributed by atoms with van der Waals surface area (Å²) in [4.78, 5) is 4.96. The molecule has 0 saturated heterocycles. The van der Waals surface area contributed by atoms with Crippen molar-refractivity contribution in [3.8, 4) is 0 Å². The van der Waals surface area contributed by atoms with Gasteiger partial charge in [-0.2, -0.15) is 0 Å². The molecule has 164 valence electrons. The van der Waals surface area contributed by atoms with Gasteiger partial charge in [0.25, 0.3) is 0 Å². The summed E-state index contributed by atoms with van der Waals surface area (Å²) in [6.45, 7) is 12.7. The Bertz CT molecular complexity index is 864. The lowest BCUT2D eigenvalue weighted by Crippen LogP contribution is -2.46. The van der Waals surface area contributed by atoms with Gasteiger partial charge in [0.1, 0.15) is 0 Å². The van der Waals surface area contributed by atoms with Crippen LogP contribution in [0.2, 0.25) is 6.04 Å². The highest BCUT2D eigenvalue weighted by Crippen LogP contribution is 2.30. The van der Waals surface area contributed by atoms with E-state index in [1.807, 2.05) is 20.8 Å². The first-order valence-corrected chi connectivity index (χ1v) is 13.0. The van der Waals surface area contributed by atoms with E-state index in [9.17, 15) is 0 Å². The van der Waals surface area contributed by atoms with Crippen molar-refractivity contribution in [1.29, 1.82) is 0 Å². The highest BCUT2D eigenvalue weighted by molar-refractivity contribution is 6.60. The predicted octanol–water partition coefficient (Wildman–Crippen LogP) is 5.38. The van der Waals surface area contributed by atoms with E-state index in [1.54, 1.807) is 0 Å². The van der Waals surface area contributed by atoms with Gasteiger partial charge in [0, 0.05) is 37.8 Å². The zero-order valence-corrected chi connectivity index (χ0v) is 20.0. The van der Waals surface area contributed by atoms with E-state index >= 15 is 0 Å². The van der Waals surface area contributed by atoms with Crippen LogP contribution in [0.3, 0.4) is 0 Å². The fourth-order valence-electron chi connectivity index (χ4n) is 3.96. The van der Waals surface area contributed by atoms with E-state index in [2.05, 4.69) is 50.2 Å². The molecule has 0 fully saturated rings. The summed E-state index contributed by atoms with van der Waals surface area (Å²) in [6.07, 6.45) is 1.71. The number of nitrogens with zero attached hydrogens (tertiary/aromatic N) is 1. The molecule has 0 atom stereocenters. The van der Waals surface area contributed by atoms with Gasteiger partial charge in [0.2, 0.25) is 5.90 Å². The molecule has 0 bridgehead atoms. The molecule has 5 nitrogen and oxygen atoms in total. The molecule has 0 radical (unpaired) electrons. The summed E-state index contributed by atoms with van der Waals surface area (Å²) in [7, 11) is -2.73. The van der Waals surface area contributed by atoms with Crippen LogP contribution >= 0.6 is 0 Å². The van der Waals surface area contributed by atoms with Gasteiger partial charge in [-0.05, 0) is 57.4 Å².